The molecular weight excluding hydrogens is 366 g/mol. The van der Waals surface area contributed by atoms with Gasteiger partial charge < -0.3 is 19.9 Å². The summed E-state index contributed by atoms with van der Waals surface area (Å²) in [5.74, 6) is 0.939. The Morgan fingerprint density at radius 1 is 1.21 bits per heavy atom. The van der Waals surface area contributed by atoms with Gasteiger partial charge in [-0.15, -0.1) is 0 Å². The number of piperidine rings is 1. The molecule has 4 rings (SSSR count). The van der Waals surface area contributed by atoms with Gasteiger partial charge in [-0.2, -0.15) is 0 Å². The fraction of sp³-hybridized carbons (Fsp3) is 0.409. The van der Waals surface area contributed by atoms with Crippen molar-refractivity contribution in [3.8, 4) is 0 Å². The molecule has 7 nitrogen and oxygen atoms in total. The zero-order valence-electron chi connectivity index (χ0n) is 16.7. The van der Waals surface area contributed by atoms with Gasteiger partial charge in [-0.3, -0.25) is 4.79 Å². The van der Waals surface area contributed by atoms with Crippen molar-refractivity contribution in [3.63, 3.8) is 0 Å². The Labute approximate surface area is 170 Å². The Bertz CT molecular complexity index is 975. The highest BCUT2D eigenvalue weighted by molar-refractivity contribution is 5.96. The number of hydrogen-bond acceptors (Lipinski definition) is 6. The van der Waals surface area contributed by atoms with Crippen molar-refractivity contribution in [2.24, 2.45) is 13.0 Å². The second-order valence-electron chi connectivity index (χ2n) is 7.73. The number of carbonyl (C=O) groups is 1. The summed E-state index contributed by atoms with van der Waals surface area (Å²) >= 11 is 0. The van der Waals surface area contributed by atoms with Crippen LogP contribution < -0.4 is 10.2 Å². The molecule has 152 valence electrons. The summed E-state index contributed by atoms with van der Waals surface area (Å²) in [6.07, 6.45) is 7.27. The number of nitrogens with zero attached hydrogens (tertiary/aromatic N) is 4. The largest absolute Gasteiger partial charge is 0.388 e. The Morgan fingerprint density at radius 3 is 2.69 bits per heavy atom. The maximum atomic E-state index is 11.5. The molecule has 1 saturated heterocycles. The van der Waals surface area contributed by atoms with E-state index in [1.165, 1.54) is 28.9 Å². The average molecular weight is 393 g/mol. The minimum atomic E-state index is -0.514. The Balaban J connectivity index is 1.24. The van der Waals surface area contributed by atoms with Gasteiger partial charge >= 0.3 is 0 Å². The summed E-state index contributed by atoms with van der Waals surface area (Å²) < 4.78 is 2.16. The zero-order valence-corrected chi connectivity index (χ0v) is 16.7. The maximum Gasteiger partial charge on any atom is 0.225 e. The summed E-state index contributed by atoms with van der Waals surface area (Å²) in [5.41, 5.74) is 2.93. The van der Waals surface area contributed by atoms with E-state index >= 15 is 0 Å². The number of aliphatic hydroxyl groups is 1. The van der Waals surface area contributed by atoms with Gasteiger partial charge in [0, 0.05) is 50.8 Å². The van der Waals surface area contributed by atoms with Gasteiger partial charge in [-0.1, -0.05) is 12.1 Å². The van der Waals surface area contributed by atoms with Crippen molar-refractivity contribution in [1.29, 1.82) is 0 Å². The lowest BCUT2D eigenvalue weighted by molar-refractivity contribution is 0.0903. The molecule has 3 heterocycles. The highest BCUT2D eigenvalue weighted by Crippen LogP contribution is 2.21. The van der Waals surface area contributed by atoms with Crippen LogP contribution in [0.1, 0.15) is 28.8 Å². The summed E-state index contributed by atoms with van der Waals surface area (Å²) in [5, 5.41) is 13.8. The average Bonchev–Trinajstić information content (AvgIpc) is 3.14. The second kappa shape index (κ2) is 8.71. The first-order chi connectivity index (χ1) is 14.1. The summed E-state index contributed by atoms with van der Waals surface area (Å²) in [6, 6.07) is 8.78. The second-order valence-corrected chi connectivity index (χ2v) is 7.73. The highest BCUT2D eigenvalue weighted by Gasteiger charge is 2.21. The van der Waals surface area contributed by atoms with E-state index in [-0.39, 0.29) is 5.78 Å². The van der Waals surface area contributed by atoms with E-state index in [4.69, 9.17) is 5.11 Å². The molecule has 0 bridgehead atoms. The lowest BCUT2D eigenvalue weighted by atomic mass is 9.97. The molecule has 2 aromatic heterocycles. The van der Waals surface area contributed by atoms with Crippen LogP contribution >= 0.6 is 0 Å². The molecule has 1 aromatic carbocycles. The monoisotopic (exact) mass is 393 g/mol. The van der Waals surface area contributed by atoms with Crippen molar-refractivity contribution < 1.29 is 9.90 Å². The molecule has 1 aliphatic heterocycles. The molecule has 0 unspecified atom stereocenters. The molecule has 7 heteroatoms. The van der Waals surface area contributed by atoms with Crippen molar-refractivity contribution in [2.45, 2.75) is 19.4 Å². The number of anilines is 1. The number of rotatable bonds is 7. The van der Waals surface area contributed by atoms with Crippen LogP contribution in [0.2, 0.25) is 0 Å². The highest BCUT2D eigenvalue weighted by atomic mass is 16.3. The third-order valence-corrected chi connectivity index (χ3v) is 5.72. The number of aryl methyl sites for hydroxylation is 1. The summed E-state index contributed by atoms with van der Waals surface area (Å²) in [7, 11) is 2.08. The Kier molecular flexibility index (Phi) is 5.87. The normalized spacial score (nSPS) is 15.2. The fourth-order valence-electron chi connectivity index (χ4n) is 3.90. The predicted molar refractivity (Wildman–Crippen MR) is 113 cm³/mol. The molecule has 1 fully saturated rings. The zero-order chi connectivity index (χ0) is 20.2. The van der Waals surface area contributed by atoms with Gasteiger partial charge in [0.2, 0.25) is 5.95 Å². The molecule has 1 aliphatic rings. The van der Waals surface area contributed by atoms with Crippen molar-refractivity contribution in [2.75, 3.05) is 31.1 Å². The Hall–Kier alpha value is -2.77. The number of aromatic nitrogens is 3. The van der Waals surface area contributed by atoms with Crippen LogP contribution in [0.25, 0.3) is 10.9 Å². The minimum Gasteiger partial charge on any atom is -0.388 e. The van der Waals surface area contributed by atoms with E-state index in [0.29, 0.717) is 17.4 Å². The fourth-order valence-corrected chi connectivity index (χ4v) is 3.90. The quantitative estimate of drug-likeness (QED) is 0.599. The maximum absolute atomic E-state index is 11.5. The van der Waals surface area contributed by atoms with Crippen molar-refractivity contribution in [3.05, 3.63) is 54.0 Å². The number of nitrogens with one attached hydrogen (secondary N) is 1. The SMILES string of the molecule is Cn1ccc2ccc(CNCC3CCN(c4ncc(C(=O)CO)cn4)CC3)cc21. The summed E-state index contributed by atoms with van der Waals surface area (Å²) in [4.78, 5) is 22.2. The van der Waals surface area contributed by atoms with E-state index in [1.54, 1.807) is 0 Å². The lowest BCUT2D eigenvalue weighted by Gasteiger charge is -2.32. The summed E-state index contributed by atoms with van der Waals surface area (Å²) in [6.45, 7) is 3.19. The Morgan fingerprint density at radius 2 is 1.97 bits per heavy atom. The van der Waals surface area contributed by atoms with Crippen molar-refractivity contribution >= 4 is 22.6 Å². The van der Waals surface area contributed by atoms with Gasteiger partial charge in [0.25, 0.3) is 0 Å². The first kappa shape index (κ1) is 19.5. The van der Waals surface area contributed by atoms with Crippen LogP contribution in [0.3, 0.4) is 0 Å². The van der Waals surface area contributed by atoms with Crippen LogP contribution in [0.5, 0.6) is 0 Å². The van der Waals surface area contributed by atoms with Crippen LogP contribution in [0, 0.1) is 5.92 Å². The predicted octanol–water partition coefficient (Wildman–Crippen LogP) is 2.15. The molecule has 3 aromatic rings. The smallest absolute Gasteiger partial charge is 0.225 e. The first-order valence-corrected chi connectivity index (χ1v) is 10.1. The molecule has 0 amide bonds. The molecule has 2 N–H and O–H groups in total. The lowest BCUT2D eigenvalue weighted by Crippen LogP contribution is -2.38. The molecule has 0 atom stereocenters. The number of aliphatic hydroxyl groups excluding tert-OH is 1. The van der Waals surface area contributed by atoms with Gasteiger partial charge in [-0.05, 0) is 48.4 Å². The number of Topliss-reactive ketones (excluding diaryl/α,β-unsaturated/α-hetero) is 1. The van der Waals surface area contributed by atoms with Crippen LogP contribution in [-0.4, -0.2) is 51.7 Å². The molecule has 0 spiro atoms. The number of hydrogen-bond donors (Lipinski definition) is 2. The van der Waals surface area contributed by atoms with Gasteiger partial charge in [-0.25, -0.2) is 9.97 Å². The number of benzene rings is 1. The molecule has 0 aliphatic carbocycles. The van der Waals surface area contributed by atoms with E-state index in [0.717, 1.165) is 39.0 Å². The third kappa shape index (κ3) is 4.46. The van der Waals surface area contributed by atoms with E-state index in [1.807, 2.05) is 0 Å². The number of carbonyl (C=O) groups excluding carboxylic acids is 1. The van der Waals surface area contributed by atoms with Crippen LogP contribution in [-0.2, 0) is 13.6 Å². The van der Waals surface area contributed by atoms with Crippen molar-refractivity contribution in [1.82, 2.24) is 19.9 Å². The molecule has 0 saturated carbocycles. The van der Waals surface area contributed by atoms with Gasteiger partial charge in [0.05, 0.1) is 5.56 Å². The van der Waals surface area contributed by atoms with E-state index in [2.05, 4.69) is 62.3 Å². The van der Waals surface area contributed by atoms with E-state index < -0.39 is 6.61 Å². The van der Waals surface area contributed by atoms with Crippen LogP contribution in [0.4, 0.5) is 5.95 Å². The third-order valence-electron chi connectivity index (χ3n) is 5.72. The minimum absolute atomic E-state index is 0.351. The first-order valence-electron chi connectivity index (χ1n) is 10.1. The topological polar surface area (TPSA) is 83.3 Å². The van der Waals surface area contributed by atoms with Gasteiger partial charge in [0.1, 0.15) is 6.61 Å². The van der Waals surface area contributed by atoms with Gasteiger partial charge in [0.15, 0.2) is 5.78 Å². The van der Waals surface area contributed by atoms with Crippen LogP contribution in [0.15, 0.2) is 42.9 Å². The standard InChI is InChI=1S/C22H27N5O2/c1-26-7-6-18-3-2-17(10-20(18)26)12-23-11-16-4-8-27(9-5-16)22-24-13-19(14-25-22)21(29)15-28/h2-3,6-7,10,13-14,16,23,28H,4-5,8-9,11-12,15H2,1H3. The van der Waals surface area contributed by atoms with E-state index in [9.17, 15) is 4.79 Å². The number of ketones is 1. The molecule has 29 heavy (non-hydrogen) atoms. The molecule has 0 radical (unpaired) electrons. The number of fused-ring (bicyclic) bond motifs is 1. The molecular formula is C22H27N5O2.